The number of hydrogen-bond acceptors (Lipinski definition) is 5. The lowest BCUT2D eigenvalue weighted by atomic mass is 10.1. The van der Waals surface area contributed by atoms with Gasteiger partial charge in [0.05, 0.1) is 12.0 Å². The van der Waals surface area contributed by atoms with Crippen molar-refractivity contribution in [2.24, 2.45) is 0 Å². The maximum Gasteiger partial charge on any atom is 0.311 e. The van der Waals surface area contributed by atoms with Crippen LogP contribution in [-0.4, -0.2) is 23.9 Å². The first-order valence-electron chi connectivity index (χ1n) is 7.02. The summed E-state index contributed by atoms with van der Waals surface area (Å²) in [5.41, 5.74) is 1.05. The van der Waals surface area contributed by atoms with E-state index in [2.05, 4.69) is 0 Å². The van der Waals surface area contributed by atoms with Crippen LogP contribution in [0.5, 0.6) is 11.5 Å². The van der Waals surface area contributed by atoms with E-state index in [0.717, 1.165) is 5.56 Å². The Morgan fingerprint density at radius 3 is 2.39 bits per heavy atom. The van der Waals surface area contributed by atoms with E-state index in [1.807, 2.05) is 0 Å². The van der Waals surface area contributed by atoms with E-state index in [1.54, 1.807) is 51.3 Å². The third-order valence-corrected chi connectivity index (χ3v) is 3.36. The van der Waals surface area contributed by atoms with Crippen LogP contribution in [0.2, 0.25) is 0 Å². The maximum absolute atomic E-state index is 12.4. The number of benzene rings is 2. The minimum Gasteiger partial charge on any atom is -0.497 e. The molecule has 0 bridgehead atoms. The lowest BCUT2D eigenvalue weighted by Gasteiger charge is -2.14. The number of aryl methyl sites for hydroxylation is 1. The molecule has 0 unspecified atom stereocenters. The number of ketones is 1. The highest BCUT2D eigenvalue weighted by atomic mass is 16.6. The van der Waals surface area contributed by atoms with Gasteiger partial charge in [0, 0.05) is 11.6 Å². The van der Waals surface area contributed by atoms with Crippen molar-refractivity contribution in [1.82, 2.24) is 0 Å². The predicted octanol–water partition coefficient (Wildman–Crippen LogP) is 3.56. The highest BCUT2D eigenvalue weighted by molar-refractivity contribution is 5.99. The topological polar surface area (TPSA) is 78.7 Å². The van der Waals surface area contributed by atoms with Crippen LogP contribution in [0, 0.1) is 17.0 Å². The molecule has 2 aromatic carbocycles. The Bertz CT molecular complexity index is 724. The summed E-state index contributed by atoms with van der Waals surface area (Å²) in [4.78, 5) is 22.9. The average molecular weight is 315 g/mol. The van der Waals surface area contributed by atoms with E-state index in [4.69, 9.17) is 9.47 Å². The summed E-state index contributed by atoms with van der Waals surface area (Å²) < 4.78 is 10.6. The van der Waals surface area contributed by atoms with Crippen LogP contribution < -0.4 is 9.47 Å². The van der Waals surface area contributed by atoms with Crippen LogP contribution in [0.25, 0.3) is 0 Å². The number of carbonyl (C=O) groups excluding carboxylic acids is 1. The number of hydrogen-bond donors (Lipinski definition) is 0. The molecular formula is C17H17NO5. The van der Waals surface area contributed by atoms with Gasteiger partial charge >= 0.3 is 5.69 Å². The van der Waals surface area contributed by atoms with Gasteiger partial charge in [-0.05, 0) is 49.7 Å². The van der Waals surface area contributed by atoms with Gasteiger partial charge in [0.1, 0.15) is 5.75 Å². The molecule has 0 amide bonds. The summed E-state index contributed by atoms with van der Waals surface area (Å²) in [6.07, 6.45) is -0.843. The number of nitro groups is 1. The monoisotopic (exact) mass is 315 g/mol. The van der Waals surface area contributed by atoms with E-state index >= 15 is 0 Å². The van der Waals surface area contributed by atoms with Crippen molar-refractivity contribution < 1.29 is 19.2 Å². The Kier molecular flexibility index (Phi) is 4.95. The number of methoxy groups -OCH3 is 1. The van der Waals surface area contributed by atoms with Crippen LogP contribution in [-0.2, 0) is 0 Å². The molecule has 0 saturated heterocycles. The molecule has 0 aliphatic heterocycles. The summed E-state index contributed by atoms with van der Waals surface area (Å²) in [6, 6.07) is 11.2. The quantitative estimate of drug-likeness (QED) is 0.462. The average Bonchev–Trinajstić information content (AvgIpc) is 2.55. The van der Waals surface area contributed by atoms with Crippen molar-refractivity contribution in [1.29, 1.82) is 0 Å². The van der Waals surface area contributed by atoms with Gasteiger partial charge in [-0.15, -0.1) is 0 Å². The van der Waals surface area contributed by atoms with Crippen molar-refractivity contribution in [2.45, 2.75) is 20.0 Å². The van der Waals surface area contributed by atoms with Crippen LogP contribution >= 0.6 is 0 Å². The molecule has 0 aliphatic carbocycles. The number of ether oxygens (including phenoxy) is 2. The van der Waals surface area contributed by atoms with Crippen LogP contribution in [0.3, 0.4) is 0 Å². The van der Waals surface area contributed by atoms with Crippen LogP contribution in [0.1, 0.15) is 22.8 Å². The molecule has 2 aromatic rings. The van der Waals surface area contributed by atoms with Crippen molar-refractivity contribution in [3.05, 3.63) is 63.7 Å². The molecule has 0 radical (unpaired) electrons. The van der Waals surface area contributed by atoms with Crippen molar-refractivity contribution in [3.8, 4) is 11.5 Å². The van der Waals surface area contributed by atoms with Gasteiger partial charge < -0.3 is 9.47 Å². The van der Waals surface area contributed by atoms with Gasteiger partial charge in [0.25, 0.3) is 0 Å². The molecule has 0 heterocycles. The van der Waals surface area contributed by atoms with Gasteiger partial charge in [-0.2, -0.15) is 0 Å². The molecule has 0 fully saturated rings. The van der Waals surface area contributed by atoms with E-state index in [1.165, 1.54) is 12.1 Å². The molecule has 120 valence electrons. The summed E-state index contributed by atoms with van der Waals surface area (Å²) in [7, 11) is 1.54. The van der Waals surface area contributed by atoms with Gasteiger partial charge in [-0.25, -0.2) is 0 Å². The fraction of sp³-hybridized carbons (Fsp3) is 0.235. The molecule has 23 heavy (non-hydrogen) atoms. The largest absolute Gasteiger partial charge is 0.497 e. The normalized spacial score (nSPS) is 11.6. The Morgan fingerprint density at radius 1 is 1.17 bits per heavy atom. The highest BCUT2D eigenvalue weighted by Gasteiger charge is 2.22. The first-order valence-corrected chi connectivity index (χ1v) is 7.02. The summed E-state index contributed by atoms with van der Waals surface area (Å²) >= 11 is 0. The Hall–Kier alpha value is -2.89. The molecule has 0 saturated carbocycles. The number of nitro benzene ring substituents is 1. The van der Waals surface area contributed by atoms with Crippen molar-refractivity contribution in [2.75, 3.05) is 7.11 Å². The fourth-order valence-electron chi connectivity index (χ4n) is 2.10. The summed E-state index contributed by atoms with van der Waals surface area (Å²) in [5, 5.41) is 11.1. The zero-order valence-electron chi connectivity index (χ0n) is 13.1. The number of rotatable bonds is 6. The van der Waals surface area contributed by atoms with Crippen molar-refractivity contribution >= 4 is 11.5 Å². The second-order valence-corrected chi connectivity index (χ2v) is 5.08. The Balaban J connectivity index is 2.19. The zero-order chi connectivity index (χ0) is 17.0. The Labute approximate surface area is 133 Å². The number of nitrogens with zero attached hydrogens (tertiary/aromatic N) is 1. The minimum absolute atomic E-state index is 0.0787. The van der Waals surface area contributed by atoms with E-state index in [0.29, 0.717) is 11.3 Å². The molecule has 0 aromatic heterocycles. The maximum atomic E-state index is 12.4. The first-order chi connectivity index (χ1) is 10.9. The standard InChI is InChI=1S/C17H17NO5/c1-11-4-9-16(15(10-11)18(20)21)23-12(2)17(19)13-5-7-14(22-3)8-6-13/h4-10,12H,1-3H3/t12-/m1/s1. The highest BCUT2D eigenvalue weighted by Crippen LogP contribution is 2.29. The molecule has 0 aliphatic rings. The third kappa shape index (κ3) is 3.85. The smallest absolute Gasteiger partial charge is 0.311 e. The molecule has 1 atom stereocenters. The van der Waals surface area contributed by atoms with E-state index < -0.39 is 11.0 Å². The molecule has 2 rings (SSSR count). The molecular weight excluding hydrogens is 298 g/mol. The van der Waals surface area contributed by atoms with E-state index in [9.17, 15) is 14.9 Å². The lowest BCUT2D eigenvalue weighted by Crippen LogP contribution is -2.24. The minimum atomic E-state index is -0.843. The van der Waals surface area contributed by atoms with E-state index in [-0.39, 0.29) is 17.2 Å². The predicted molar refractivity (Wildman–Crippen MR) is 85.2 cm³/mol. The van der Waals surface area contributed by atoms with Gasteiger partial charge in [-0.3, -0.25) is 14.9 Å². The first kappa shape index (κ1) is 16.5. The fourth-order valence-corrected chi connectivity index (χ4v) is 2.10. The second kappa shape index (κ2) is 6.91. The lowest BCUT2D eigenvalue weighted by molar-refractivity contribution is -0.386. The summed E-state index contributed by atoms with van der Waals surface area (Å²) in [6.45, 7) is 3.32. The molecule has 6 nitrogen and oxygen atoms in total. The second-order valence-electron chi connectivity index (χ2n) is 5.08. The third-order valence-electron chi connectivity index (χ3n) is 3.36. The summed E-state index contributed by atoms with van der Waals surface area (Å²) in [5.74, 6) is 0.460. The molecule has 6 heteroatoms. The van der Waals surface area contributed by atoms with Gasteiger partial charge in [-0.1, -0.05) is 6.07 Å². The number of Topliss-reactive ketones (excluding diaryl/α,β-unsaturated/α-hetero) is 1. The van der Waals surface area contributed by atoms with Crippen molar-refractivity contribution in [3.63, 3.8) is 0 Å². The SMILES string of the molecule is COc1ccc(C(=O)[C@@H](C)Oc2ccc(C)cc2[N+](=O)[O-])cc1. The van der Waals surface area contributed by atoms with Crippen LogP contribution in [0.4, 0.5) is 5.69 Å². The van der Waals surface area contributed by atoms with Gasteiger partial charge in [0.15, 0.2) is 11.9 Å². The molecule has 0 N–H and O–H groups in total. The Morgan fingerprint density at radius 2 is 1.83 bits per heavy atom. The van der Waals surface area contributed by atoms with Crippen LogP contribution in [0.15, 0.2) is 42.5 Å². The molecule has 0 spiro atoms. The number of carbonyl (C=O) groups is 1. The zero-order valence-corrected chi connectivity index (χ0v) is 13.1. The van der Waals surface area contributed by atoms with Gasteiger partial charge in [0.2, 0.25) is 5.78 Å².